The number of rotatable bonds is 4. The minimum atomic E-state index is 0.849. The molecule has 2 aromatic carbocycles. The summed E-state index contributed by atoms with van der Waals surface area (Å²) in [6, 6.07) is 15.2. The van der Waals surface area contributed by atoms with Gasteiger partial charge in [-0.3, -0.25) is 0 Å². The molecule has 0 radical (unpaired) electrons. The molecule has 0 aliphatic rings. The van der Waals surface area contributed by atoms with Crippen molar-refractivity contribution in [3.8, 4) is 11.5 Å². The van der Waals surface area contributed by atoms with Crippen LogP contribution in [0.4, 0.5) is 0 Å². The first-order chi connectivity index (χ1) is 10.2. The molecule has 0 aliphatic carbocycles. The van der Waals surface area contributed by atoms with E-state index >= 15 is 0 Å². The van der Waals surface area contributed by atoms with Crippen LogP contribution < -0.4 is 9.47 Å². The van der Waals surface area contributed by atoms with E-state index in [-0.39, 0.29) is 0 Å². The molecule has 0 aromatic heterocycles. The number of allylic oxidation sites excluding steroid dienone is 1. The average molecular weight is 301 g/mol. The number of nitrogens with one attached hydrogen (secondary N) is 1. The maximum absolute atomic E-state index is 6.79. The van der Waals surface area contributed by atoms with Crippen molar-refractivity contribution < 1.29 is 9.47 Å². The lowest BCUT2D eigenvalue weighted by molar-refractivity contribution is 0.414. The summed E-state index contributed by atoms with van der Waals surface area (Å²) in [6.07, 6.45) is 4.80. The van der Waals surface area contributed by atoms with E-state index in [0.717, 1.165) is 22.0 Å². The zero-order valence-electron chi connectivity index (χ0n) is 12.1. The highest BCUT2D eigenvalue weighted by molar-refractivity contribution is 7.80. The third kappa shape index (κ3) is 6.68. The third-order valence-electron chi connectivity index (χ3n) is 2.57. The summed E-state index contributed by atoms with van der Waals surface area (Å²) in [7, 11) is 3.29. The molecule has 0 spiro atoms. The predicted octanol–water partition coefficient (Wildman–Crippen LogP) is 4.34. The van der Waals surface area contributed by atoms with Crippen LogP contribution in [0.3, 0.4) is 0 Å². The lowest BCUT2D eigenvalue weighted by atomic mass is 10.2. The normalized spacial score (nSPS) is 9.67. The molecule has 2 rings (SSSR count). The van der Waals surface area contributed by atoms with Crippen LogP contribution in [-0.2, 0) is 0 Å². The van der Waals surface area contributed by atoms with Crippen molar-refractivity contribution >= 4 is 24.9 Å². The van der Waals surface area contributed by atoms with Crippen LogP contribution in [0.5, 0.6) is 11.5 Å². The number of benzene rings is 2. The second-order valence-corrected chi connectivity index (χ2v) is 4.51. The van der Waals surface area contributed by atoms with Crippen molar-refractivity contribution in [3.63, 3.8) is 0 Å². The van der Waals surface area contributed by atoms with Gasteiger partial charge in [-0.05, 0) is 48.0 Å². The van der Waals surface area contributed by atoms with E-state index in [1.165, 1.54) is 6.21 Å². The van der Waals surface area contributed by atoms with Crippen LogP contribution in [0.25, 0.3) is 6.08 Å². The summed E-state index contributed by atoms with van der Waals surface area (Å²) in [5.74, 6) is 1.72. The van der Waals surface area contributed by atoms with Crippen molar-refractivity contribution in [3.05, 3.63) is 60.2 Å². The molecule has 0 unspecified atom stereocenters. The smallest absolute Gasteiger partial charge is 0.118 e. The summed E-state index contributed by atoms with van der Waals surface area (Å²) in [5.41, 5.74) is 1.07. The Hall–Kier alpha value is -2.20. The van der Waals surface area contributed by atoms with Crippen LogP contribution >= 0.6 is 12.6 Å². The highest BCUT2D eigenvalue weighted by atomic mass is 32.1. The topological polar surface area (TPSA) is 42.3 Å². The Morgan fingerprint density at radius 1 is 0.857 bits per heavy atom. The first-order valence-electron chi connectivity index (χ1n) is 6.34. The largest absolute Gasteiger partial charge is 0.497 e. The Morgan fingerprint density at radius 2 is 1.33 bits per heavy atom. The molecule has 0 heterocycles. The molecule has 0 saturated heterocycles. The van der Waals surface area contributed by atoms with Crippen molar-refractivity contribution in [2.75, 3.05) is 14.2 Å². The molecule has 2 aromatic rings. The van der Waals surface area contributed by atoms with Crippen LogP contribution in [0.1, 0.15) is 5.56 Å². The summed E-state index contributed by atoms with van der Waals surface area (Å²) in [6.45, 7) is 0. The van der Waals surface area contributed by atoms with E-state index in [9.17, 15) is 0 Å². The van der Waals surface area contributed by atoms with Crippen molar-refractivity contribution in [2.24, 2.45) is 0 Å². The van der Waals surface area contributed by atoms with E-state index in [0.29, 0.717) is 0 Å². The fraction of sp³-hybridized carbons (Fsp3) is 0.118. The Bertz CT molecular complexity index is 562. The lowest BCUT2D eigenvalue weighted by Crippen LogP contribution is -1.81. The van der Waals surface area contributed by atoms with Gasteiger partial charge in [0.25, 0.3) is 0 Å². The maximum atomic E-state index is 6.79. The SMILES string of the molecule is COc1ccc(/C=C/C=N)cc1.COc1ccc(S)cc1. The minimum Gasteiger partial charge on any atom is -0.497 e. The first kappa shape index (κ1) is 16.9. The van der Waals surface area contributed by atoms with Crippen molar-refractivity contribution in [1.82, 2.24) is 0 Å². The molecule has 0 saturated carbocycles. The molecule has 0 aliphatic heterocycles. The Balaban J connectivity index is 0.000000219. The van der Waals surface area contributed by atoms with Gasteiger partial charge in [0.2, 0.25) is 0 Å². The standard InChI is InChI=1S/C10H11NO.C7H8OS/c1-12-10-6-4-9(5-7-10)3-2-8-11;1-8-6-2-4-7(9)5-3-6/h2-8,11H,1H3;2-5,9H,1H3/b3-2+,11-8?;. The zero-order valence-corrected chi connectivity index (χ0v) is 13.0. The van der Waals surface area contributed by atoms with Gasteiger partial charge in [-0.25, -0.2) is 0 Å². The molecule has 0 amide bonds. The molecule has 4 heteroatoms. The molecule has 0 bridgehead atoms. The fourth-order valence-electron chi connectivity index (χ4n) is 1.46. The highest BCUT2D eigenvalue weighted by Crippen LogP contribution is 2.13. The molecule has 1 N–H and O–H groups in total. The van der Waals surface area contributed by atoms with Crippen molar-refractivity contribution in [2.45, 2.75) is 4.90 Å². The molecular weight excluding hydrogens is 282 g/mol. The van der Waals surface area contributed by atoms with Crippen LogP contribution in [0, 0.1) is 5.41 Å². The van der Waals surface area contributed by atoms with Gasteiger partial charge in [-0.1, -0.05) is 18.2 Å². The molecular formula is C17H19NO2S. The van der Waals surface area contributed by atoms with Crippen LogP contribution in [0.2, 0.25) is 0 Å². The average Bonchev–Trinajstić information content (AvgIpc) is 2.55. The van der Waals surface area contributed by atoms with E-state index in [1.807, 2.05) is 54.6 Å². The summed E-state index contributed by atoms with van der Waals surface area (Å²) in [5, 5.41) is 6.79. The van der Waals surface area contributed by atoms with E-state index in [1.54, 1.807) is 20.3 Å². The number of methoxy groups -OCH3 is 2. The highest BCUT2D eigenvalue weighted by Gasteiger charge is 1.88. The molecule has 3 nitrogen and oxygen atoms in total. The van der Waals surface area contributed by atoms with Gasteiger partial charge in [0.05, 0.1) is 14.2 Å². The van der Waals surface area contributed by atoms with Crippen LogP contribution in [-0.4, -0.2) is 20.4 Å². The van der Waals surface area contributed by atoms with E-state index < -0.39 is 0 Å². The number of hydrogen-bond acceptors (Lipinski definition) is 4. The third-order valence-corrected chi connectivity index (χ3v) is 2.87. The maximum Gasteiger partial charge on any atom is 0.118 e. The van der Waals surface area contributed by atoms with Gasteiger partial charge in [0.15, 0.2) is 0 Å². The van der Waals surface area contributed by atoms with E-state index in [2.05, 4.69) is 12.6 Å². The van der Waals surface area contributed by atoms with Gasteiger partial charge >= 0.3 is 0 Å². The lowest BCUT2D eigenvalue weighted by Gasteiger charge is -1.98. The Morgan fingerprint density at radius 3 is 1.76 bits per heavy atom. The summed E-state index contributed by atoms with van der Waals surface area (Å²) in [4.78, 5) is 0.954. The second-order valence-electron chi connectivity index (χ2n) is 4.00. The number of thiol groups is 1. The molecule has 110 valence electrons. The first-order valence-corrected chi connectivity index (χ1v) is 6.78. The second kappa shape index (κ2) is 9.66. The van der Waals surface area contributed by atoms with Crippen LogP contribution in [0.15, 0.2) is 59.5 Å². The van der Waals surface area contributed by atoms with Gasteiger partial charge in [0.1, 0.15) is 11.5 Å². The van der Waals surface area contributed by atoms with Gasteiger partial charge in [0, 0.05) is 11.1 Å². The van der Waals surface area contributed by atoms with E-state index in [4.69, 9.17) is 14.9 Å². The quantitative estimate of drug-likeness (QED) is 0.651. The van der Waals surface area contributed by atoms with Gasteiger partial charge in [-0.15, -0.1) is 12.6 Å². The van der Waals surface area contributed by atoms with Crippen molar-refractivity contribution in [1.29, 1.82) is 5.41 Å². The number of hydrogen-bond donors (Lipinski definition) is 2. The zero-order chi connectivity index (χ0) is 15.5. The fourth-order valence-corrected chi connectivity index (χ4v) is 1.61. The summed E-state index contributed by atoms with van der Waals surface area (Å²) >= 11 is 4.11. The van der Waals surface area contributed by atoms with Gasteiger partial charge in [-0.2, -0.15) is 0 Å². The molecule has 0 fully saturated rings. The minimum absolute atomic E-state index is 0.849. The monoisotopic (exact) mass is 301 g/mol. The van der Waals surface area contributed by atoms with Gasteiger partial charge < -0.3 is 14.9 Å². The molecule has 0 atom stereocenters. The molecule has 21 heavy (non-hydrogen) atoms. The Labute approximate surface area is 131 Å². The predicted molar refractivity (Wildman–Crippen MR) is 91.1 cm³/mol. The number of ether oxygens (including phenoxy) is 2. The Kier molecular flexibility index (Phi) is 7.76. The summed E-state index contributed by atoms with van der Waals surface area (Å²) < 4.78 is 9.94.